The van der Waals surface area contributed by atoms with Crippen LogP contribution in [0.2, 0.25) is 0 Å². The summed E-state index contributed by atoms with van der Waals surface area (Å²) in [5.41, 5.74) is 0.768. The highest BCUT2D eigenvalue weighted by Gasteiger charge is 2.59. The SMILES string of the molecule is OCC12CC3CC(C1)CC(N1CCNCC1)(C3)C2. The Morgan fingerprint density at radius 2 is 1.72 bits per heavy atom. The topological polar surface area (TPSA) is 35.5 Å². The molecule has 1 aliphatic heterocycles. The van der Waals surface area contributed by atoms with Gasteiger partial charge in [0.25, 0.3) is 0 Å². The number of hydrogen-bond acceptors (Lipinski definition) is 3. The van der Waals surface area contributed by atoms with Crippen molar-refractivity contribution in [2.75, 3.05) is 32.8 Å². The second-order valence-corrected chi connectivity index (χ2v) is 7.58. The first kappa shape index (κ1) is 11.7. The third-order valence-electron chi connectivity index (χ3n) is 6.27. The molecule has 3 nitrogen and oxygen atoms in total. The number of rotatable bonds is 2. The molecule has 1 heterocycles. The lowest BCUT2D eigenvalue weighted by atomic mass is 9.46. The quantitative estimate of drug-likeness (QED) is 0.773. The number of hydrogen-bond donors (Lipinski definition) is 2. The van der Waals surface area contributed by atoms with E-state index < -0.39 is 0 Å². The highest BCUT2D eigenvalue weighted by atomic mass is 16.3. The van der Waals surface area contributed by atoms with E-state index in [0.29, 0.717) is 17.6 Å². The van der Waals surface area contributed by atoms with Gasteiger partial charge in [0.1, 0.15) is 0 Å². The van der Waals surface area contributed by atoms with E-state index in [1.165, 1.54) is 51.6 Å². The summed E-state index contributed by atoms with van der Waals surface area (Å²) < 4.78 is 0. The van der Waals surface area contributed by atoms with Gasteiger partial charge >= 0.3 is 0 Å². The van der Waals surface area contributed by atoms with Gasteiger partial charge in [-0.15, -0.1) is 0 Å². The van der Waals surface area contributed by atoms with Crippen LogP contribution in [0.3, 0.4) is 0 Å². The van der Waals surface area contributed by atoms with Crippen LogP contribution in [-0.4, -0.2) is 48.3 Å². The minimum atomic E-state index is 0.301. The molecule has 18 heavy (non-hydrogen) atoms. The van der Waals surface area contributed by atoms with Gasteiger partial charge in [0, 0.05) is 38.3 Å². The van der Waals surface area contributed by atoms with Crippen molar-refractivity contribution in [2.24, 2.45) is 17.3 Å². The summed E-state index contributed by atoms with van der Waals surface area (Å²) >= 11 is 0. The van der Waals surface area contributed by atoms with Crippen LogP contribution in [0.5, 0.6) is 0 Å². The fourth-order valence-electron chi connectivity index (χ4n) is 6.10. The molecule has 3 heteroatoms. The Balaban J connectivity index is 1.64. The Morgan fingerprint density at radius 1 is 1.06 bits per heavy atom. The number of aliphatic hydroxyl groups excluding tert-OH is 1. The lowest BCUT2D eigenvalue weighted by molar-refractivity contribution is -0.149. The minimum Gasteiger partial charge on any atom is -0.396 e. The first-order chi connectivity index (χ1) is 8.74. The predicted octanol–water partition coefficient (Wildman–Crippen LogP) is 1.22. The molecule has 1 saturated heterocycles. The zero-order chi connectivity index (χ0) is 12.2. The Labute approximate surface area is 110 Å². The maximum absolute atomic E-state index is 9.91. The van der Waals surface area contributed by atoms with Crippen LogP contribution in [0.4, 0.5) is 0 Å². The van der Waals surface area contributed by atoms with Gasteiger partial charge in [-0.2, -0.15) is 0 Å². The highest BCUT2D eigenvalue weighted by Crippen LogP contribution is 2.63. The Kier molecular flexibility index (Phi) is 2.56. The number of aliphatic hydroxyl groups is 1. The van der Waals surface area contributed by atoms with Crippen molar-refractivity contribution in [1.29, 1.82) is 0 Å². The summed E-state index contributed by atoms with van der Waals surface area (Å²) in [5.74, 6) is 1.82. The Morgan fingerprint density at radius 3 is 2.33 bits per heavy atom. The third-order valence-corrected chi connectivity index (χ3v) is 6.27. The smallest absolute Gasteiger partial charge is 0.0488 e. The van der Waals surface area contributed by atoms with Gasteiger partial charge < -0.3 is 10.4 Å². The first-order valence-electron chi connectivity index (χ1n) is 7.80. The lowest BCUT2D eigenvalue weighted by Gasteiger charge is -2.65. The molecule has 102 valence electrons. The molecule has 2 unspecified atom stereocenters. The third kappa shape index (κ3) is 1.60. The Bertz CT molecular complexity index is 323. The number of nitrogens with one attached hydrogen (secondary N) is 1. The highest BCUT2D eigenvalue weighted by molar-refractivity contribution is 5.12. The maximum Gasteiger partial charge on any atom is 0.0488 e. The molecule has 0 aromatic rings. The summed E-state index contributed by atoms with van der Waals surface area (Å²) in [6, 6.07) is 0. The zero-order valence-corrected chi connectivity index (χ0v) is 11.3. The fraction of sp³-hybridized carbons (Fsp3) is 1.00. The monoisotopic (exact) mass is 250 g/mol. The van der Waals surface area contributed by atoms with Crippen LogP contribution in [0, 0.1) is 17.3 Å². The van der Waals surface area contributed by atoms with E-state index in [-0.39, 0.29) is 0 Å². The van der Waals surface area contributed by atoms with Crippen LogP contribution in [0.15, 0.2) is 0 Å². The normalized spacial score (nSPS) is 51.8. The standard InChI is InChI=1S/C15H26N2O/c18-11-14-6-12-5-13(7-14)9-15(8-12,10-14)17-3-1-16-2-4-17/h12-13,16,18H,1-11H2. The summed E-state index contributed by atoms with van der Waals surface area (Å²) in [6.45, 7) is 5.20. The molecule has 4 saturated carbocycles. The van der Waals surface area contributed by atoms with Gasteiger partial charge in [-0.25, -0.2) is 0 Å². The van der Waals surface area contributed by atoms with Crippen molar-refractivity contribution < 1.29 is 5.11 Å². The van der Waals surface area contributed by atoms with Crippen molar-refractivity contribution in [3.63, 3.8) is 0 Å². The molecule has 0 spiro atoms. The van der Waals surface area contributed by atoms with Gasteiger partial charge in [-0.1, -0.05) is 0 Å². The van der Waals surface area contributed by atoms with Crippen LogP contribution >= 0.6 is 0 Å². The van der Waals surface area contributed by atoms with Gasteiger partial charge in [0.15, 0.2) is 0 Å². The van der Waals surface area contributed by atoms with E-state index in [2.05, 4.69) is 10.2 Å². The van der Waals surface area contributed by atoms with Gasteiger partial charge in [0.2, 0.25) is 0 Å². The average Bonchev–Trinajstić information content (AvgIpc) is 2.38. The predicted molar refractivity (Wildman–Crippen MR) is 71.4 cm³/mol. The Hall–Kier alpha value is -0.120. The molecule has 0 aromatic carbocycles. The van der Waals surface area contributed by atoms with Crippen LogP contribution in [0.1, 0.15) is 38.5 Å². The van der Waals surface area contributed by atoms with Gasteiger partial charge in [-0.3, -0.25) is 4.90 Å². The van der Waals surface area contributed by atoms with E-state index in [9.17, 15) is 5.11 Å². The molecule has 2 N–H and O–H groups in total. The number of nitrogens with zero attached hydrogens (tertiary/aromatic N) is 1. The van der Waals surface area contributed by atoms with Crippen LogP contribution in [0.25, 0.3) is 0 Å². The summed E-state index contributed by atoms with van der Waals surface area (Å²) in [4.78, 5) is 2.78. The second-order valence-electron chi connectivity index (χ2n) is 7.58. The molecule has 2 atom stereocenters. The first-order valence-corrected chi connectivity index (χ1v) is 7.80. The number of piperazine rings is 1. The summed E-state index contributed by atoms with van der Waals surface area (Å²) in [7, 11) is 0. The molecular formula is C15H26N2O. The largest absolute Gasteiger partial charge is 0.396 e. The fourth-order valence-corrected chi connectivity index (χ4v) is 6.10. The molecular weight excluding hydrogens is 224 g/mol. The van der Waals surface area contributed by atoms with Gasteiger partial charge in [-0.05, 0) is 55.8 Å². The van der Waals surface area contributed by atoms with E-state index in [4.69, 9.17) is 0 Å². The van der Waals surface area contributed by atoms with Gasteiger partial charge in [0.05, 0.1) is 0 Å². The molecule has 0 radical (unpaired) electrons. The average molecular weight is 250 g/mol. The van der Waals surface area contributed by atoms with Crippen molar-refractivity contribution >= 4 is 0 Å². The summed E-state index contributed by atoms with van der Waals surface area (Å²) in [6.07, 6.45) is 8.21. The molecule has 0 amide bonds. The zero-order valence-electron chi connectivity index (χ0n) is 11.3. The molecule has 4 bridgehead atoms. The van der Waals surface area contributed by atoms with Crippen molar-refractivity contribution in [3.05, 3.63) is 0 Å². The molecule has 4 aliphatic carbocycles. The van der Waals surface area contributed by atoms with E-state index in [1.54, 1.807) is 0 Å². The maximum atomic E-state index is 9.91. The molecule has 0 aromatic heterocycles. The molecule has 5 aliphatic rings. The van der Waals surface area contributed by atoms with E-state index in [0.717, 1.165) is 24.9 Å². The van der Waals surface area contributed by atoms with Crippen molar-refractivity contribution in [1.82, 2.24) is 10.2 Å². The molecule has 5 rings (SSSR count). The lowest BCUT2D eigenvalue weighted by Crippen LogP contribution is -2.66. The minimum absolute atomic E-state index is 0.301. The second kappa shape index (κ2) is 3.94. The molecule has 5 fully saturated rings. The van der Waals surface area contributed by atoms with Crippen LogP contribution in [-0.2, 0) is 0 Å². The van der Waals surface area contributed by atoms with Crippen molar-refractivity contribution in [3.8, 4) is 0 Å². The van der Waals surface area contributed by atoms with E-state index >= 15 is 0 Å². The van der Waals surface area contributed by atoms with E-state index in [1.807, 2.05) is 0 Å². The summed E-state index contributed by atoms with van der Waals surface area (Å²) in [5, 5.41) is 13.4. The van der Waals surface area contributed by atoms with Crippen molar-refractivity contribution in [2.45, 2.75) is 44.1 Å². The van der Waals surface area contributed by atoms with Crippen LogP contribution < -0.4 is 5.32 Å².